The largest absolute Gasteiger partial charge is 0.497 e. The van der Waals surface area contributed by atoms with Crippen molar-refractivity contribution in [3.8, 4) is 33.9 Å². The van der Waals surface area contributed by atoms with E-state index in [1.54, 1.807) is 20.3 Å². The highest BCUT2D eigenvalue weighted by Crippen LogP contribution is 2.31. The maximum Gasteiger partial charge on any atom is 0.267 e. The lowest BCUT2D eigenvalue weighted by molar-refractivity contribution is 0.414. The zero-order valence-electron chi connectivity index (χ0n) is 18.7. The van der Waals surface area contributed by atoms with Crippen LogP contribution in [-0.2, 0) is 6.54 Å². The standard InChI is InChI=1S/C27H22F2N2O3/c1-33-22-11-6-18(7-12-22)24-17-26(32)31(15-3-4-19-5-10-21(28)16-25(19)29)30-27(24)20-8-13-23(34-2)14-9-20/h3-14,16-17H,15H2,1-2H3/b4-3+. The summed E-state index contributed by atoms with van der Waals surface area (Å²) >= 11 is 0. The molecule has 7 heteroatoms. The minimum absolute atomic E-state index is 0.113. The van der Waals surface area contributed by atoms with Gasteiger partial charge in [0.25, 0.3) is 5.56 Å². The number of ether oxygens (including phenoxy) is 2. The first-order valence-electron chi connectivity index (χ1n) is 10.5. The van der Waals surface area contributed by atoms with Gasteiger partial charge in [-0.25, -0.2) is 13.5 Å². The average molecular weight is 460 g/mol. The van der Waals surface area contributed by atoms with Crippen LogP contribution < -0.4 is 15.0 Å². The molecule has 0 fully saturated rings. The van der Waals surface area contributed by atoms with E-state index in [0.717, 1.165) is 17.2 Å². The maximum atomic E-state index is 13.9. The first kappa shape index (κ1) is 22.9. The van der Waals surface area contributed by atoms with Crippen molar-refractivity contribution in [3.05, 3.63) is 106 Å². The molecule has 1 aromatic heterocycles. The van der Waals surface area contributed by atoms with E-state index in [-0.39, 0.29) is 17.7 Å². The number of allylic oxidation sites excluding steroid dienone is 1. The third kappa shape index (κ3) is 5.04. The van der Waals surface area contributed by atoms with E-state index in [4.69, 9.17) is 9.47 Å². The van der Waals surface area contributed by atoms with Crippen LogP contribution in [0.4, 0.5) is 8.78 Å². The summed E-state index contributed by atoms with van der Waals surface area (Å²) in [4.78, 5) is 12.9. The van der Waals surface area contributed by atoms with Crippen LogP contribution in [0.1, 0.15) is 5.56 Å². The lowest BCUT2D eigenvalue weighted by Crippen LogP contribution is -2.22. The fourth-order valence-corrected chi connectivity index (χ4v) is 3.49. The predicted octanol–water partition coefficient (Wildman–Crippen LogP) is 5.59. The molecule has 0 aliphatic heterocycles. The lowest BCUT2D eigenvalue weighted by atomic mass is 10.00. The molecule has 0 amide bonds. The summed E-state index contributed by atoms with van der Waals surface area (Å²) in [5.74, 6) is 0.0812. The Hall–Kier alpha value is -4.26. The minimum atomic E-state index is -0.676. The Bertz CT molecular complexity index is 1380. The van der Waals surface area contributed by atoms with E-state index in [2.05, 4.69) is 5.10 Å². The summed E-state index contributed by atoms with van der Waals surface area (Å²) < 4.78 is 38.8. The second-order valence-electron chi connectivity index (χ2n) is 7.45. The van der Waals surface area contributed by atoms with Gasteiger partial charge in [-0.3, -0.25) is 4.79 Å². The molecule has 4 aromatic rings. The topological polar surface area (TPSA) is 53.4 Å². The average Bonchev–Trinajstić information content (AvgIpc) is 2.86. The second-order valence-corrected chi connectivity index (χ2v) is 7.45. The van der Waals surface area contributed by atoms with E-state index < -0.39 is 11.6 Å². The van der Waals surface area contributed by atoms with Gasteiger partial charge in [0.2, 0.25) is 0 Å². The van der Waals surface area contributed by atoms with Crippen molar-refractivity contribution in [1.82, 2.24) is 9.78 Å². The Balaban J connectivity index is 1.74. The Kier molecular flexibility index (Phi) is 6.82. The number of halogens is 2. The first-order chi connectivity index (χ1) is 16.5. The molecule has 1 heterocycles. The Morgan fingerprint density at radius 2 is 1.47 bits per heavy atom. The number of hydrogen-bond acceptors (Lipinski definition) is 4. The number of methoxy groups -OCH3 is 2. The van der Waals surface area contributed by atoms with Gasteiger partial charge in [0.15, 0.2) is 0 Å². The quantitative estimate of drug-likeness (QED) is 0.361. The molecule has 172 valence electrons. The first-order valence-corrected chi connectivity index (χ1v) is 10.5. The highest BCUT2D eigenvalue weighted by molar-refractivity contribution is 5.80. The van der Waals surface area contributed by atoms with Crippen molar-refractivity contribution in [3.63, 3.8) is 0 Å². The summed E-state index contributed by atoms with van der Waals surface area (Å²) in [5, 5.41) is 4.61. The fraction of sp³-hybridized carbons (Fsp3) is 0.111. The number of benzene rings is 3. The van der Waals surface area contributed by atoms with Crippen LogP contribution in [0.2, 0.25) is 0 Å². The van der Waals surface area contributed by atoms with Gasteiger partial charge in [-0.1, -0.05) is 24.3 Å². The van der Waals surface area contributed by atoms with Gasteiger partial charge in [0.1, 0.15) is 23.1 Å². The highest BCUT2D eigenvalue weighted by Gasteiger charge is 2.13. The summed E-state index contributed by atoms with van der Waals surface area (Å²) in [6.07, 6.45) is 3.10. The van der Waals surface area contributed by atoms with Crippen LogP contribution in [0, 0.1) is 11.6 Å². The van der Waals surface area contributed by atoms with Gasteiger partial charge in [0.05, 0.1) is 26.5 Å². The van der Waals surface area contributed by atoms with E-state index >= 15 is 0 Å². The van der Waals surface area contributed by atoms with Gasteiger partial charge in [0, 0.05) is 28.8 Å². The van der Waals surface area contributed by atoms with Crippen LogP contribution in [0.25, 0.3) is 28.5 Å². The van der Waals surface area contributed by atoms with Gasteiger partial charge in [-0.05, 0) is 54.1 Å². The number of aromatic nitrogens is 2. The van der Waals surface area contributed by atoms with E-state index in [9.17, 15) is 13.6 Å². The molecular weight excluding hydrogens is 438 g/mol. The van der Waals surface area contributed by atoms with Gasteiger partial charge >= 0.3 is 0 Å². The normalized spacial score (nSPS) is 11.1. The van der Waals surface area contributed by atoms with Gasteiger partial charge in [-0.15, -0.1) is 0 Å². The van der Waals surface area contributed by atoms with Crippen molar-refractivity contribution in [2.45, 2.75) is 6.54 Å². The van der Waals surface area contributed by atoms with Crippen molar-refractivity contribution in [2.24, 2.45) is 0 Å². The molecule has 0 bridgehead atoms. The maximum absolute atomic E-state index is 13.9. The summed E-state index contributed by atoms with van der Waals surface area (Å²) in [7, 11) is 3.18. The molecule has 0 saturated carbocycles. The van der Waals surface area contributed by atoms with Crippen LogP contribution in [0.3, 0.4) is 0 Å². The molecule has 4 rings (SSSR count). The Morgan fingerprint density at radius 1 is 0.853 bits per heavy atom. The van der Waals surface area contributed by atoms with Gasteiger partial charge in [-0.2, -0.15) is 5.10 Å². The smallest absolute Gasteiger partial charge is 0.267 e. The summed E-state index contributed by atoms with van der Waals surface area (Å²) in [5.41, 5.74) is 2.80. The molecule has 0 aliphatic carbocycles. The lowest BCUT2D eigenvalue weighted by Gasteiger charge is -2.13. The van der Waals surface area contributed by atoms with Crippen LogP contribution in [-0.4, -0.2) is 24.0 Å². The zero-order valence-corrected chi connectivity index (χ0v) is 18.7. The van der Waals surface area contributed by atoms with E-state index in [0.29, 0.717) is 22.8 Å². The number of hydrogen-bond donors (Lipinski definition) is 0. The monoisotopic (exact) mass is 460 g/mol. The molecule has 0 atom stereocenters. The fourth-order valence-electron chi connectivity index (χ4n) is 3.49. The molecule has 0 unspecified atom stereocenters. The number of rotatable bonds is 7. The van der Waals surface area contributed by atoms with Crippen molar-refractivity contribution >= 4 is 6.08 Å². The molecule has 3 aromatic carbocycles. The van der Waals surface area contributed by atoms with Crippen molar-refractivity contribution in [1.29, 1.82) is 0 Å². The minimum Gasteiger partial charge on any atom is -0.497 e. The Morgan fingerprint density at radius 3 is 2.06 bits per heavy atom. The summed E-state index contributed by atoms with van der Waals surface area (Å²) in [6, 6.07) is 19.6. The summed E-state index contributed by atoms with van der Waals surface area (Å²) in [6.45, 7) is 0.113. The van der Waals surface area contributed by atoms with E-state index in [1.165, 1.54) is 29.0 Å². The third-order valence-electron chi connectivity index (χ3n) is 5.30. The molecule has 0 spiro atoms. The number of nitrogens with zero attached hydrogens (tertiary/aromatic N) is 2. The van der Waals surface area contributed by atoms with Crippen LogP contribution in [0.5, 0.6) is 11.5 Å². The molecule has 0 N–H and O–H groups in total. The van der Waals surface area contributed by atoms with Crippen molar-refractivity contribution in [2.75, 3.05) is 14.2 Å². The predicted molar refractivity (Wildman–Crippen MR) is 128 cm³/mol. The highest BCUT2D eigenvalue weighted by atomic mass is 19.1. The molecule has 0 radical (unpaired) electrons. The molecule has 0 aliphatic rings. The van der Waals surface area contributed by atoms with E-state index in [1.807, 2.05) is 48.5 Å². The van der Waals surface area contributed by atoms with Crippen molar-refractivity contribution < 1.29 is 18.3 Å². The molecule has 5 nitrogen and oxygen atoms in total. The van der Waals surface area contributed by atoms with Gasteiger partial charge < -0.3 is 9.47 Å². The SMILES string of the molecule is COc1ccc(-c2cc(=O)n(C/C=C/c3ccc(F)cc3F)nc2-c2ccc(OC)cc2)cc1. The zero-order chi connectivity index (χ0) is 24.1. The van der Waals surface area contributed by atoms with Crippen LogP contribution >= 0.6 is 0 Å². The molecule has 34 heavy (non-hydrogen) atoms. The Labute approximate surface area is 195 Å². The molecule has 0 saturated heterocycles. The molecular formula is C27H22F2N2O3. The van der Waals surface area contributed by atoms with Crippen LogP contribution in [0.15, 0.2) is 83.7 Å². The second kappa shape index (κ2) is 10.1. The third-order valence-corrected chi connectivity index (χ3v) is 5.30.